The fraction of sp³-hybridized carbons (Fsp3) is 0.375. The largest absolute Gasteiger partial charge is 0.497 e. The van der Waals surface area contributed by atoms with Gasteiger partial charge in [0.2, 0.25) is 11.8 Å². The molecule has 3 amide bonds. The smallest absolute Gasteiger partial charge is 0.257 e. The lowest BCUT2D eigenvalue weighted by molar-refractivity contribution is -0.140. The number of hydrogen-bond acceptors (Lipinski definition) is 4. The van der Waals surface area contributed by atoms with E-state index in [2.05, 4.69) is 0 Å². The summed E-state index contributed by atoms with van der Waals surface area (Å²) < 4.78 is 5.16. The van der Waals surface area contributed by atoms with Crippen molar-refractivity contribution in [2.75, 3.05) is 12.0 Å². The van der Waals surface area contributed by atoms with E-state index in [1.165, 1.54) is 4.90 Å². The van der Waals surface area contributed by atoms with Gasteiger partial charge in [0.15, 0.2) is 0 Å². The molecule has 1 aliphatic heterocycles. The second kappa shape index (κ2) is 9.10. The van der Waals surface area contributed by atoms with Gasteiger partial charge in [-0.1, -0.05) is 36.6 Å². The molecule has 6 nitrogen and oxygen atoms in total. The fourth-order valence-corrected chi connectivity index (χ4v) is 4.64. The van der Waals surface area contributed by atoms with E-state index in [0.717, 1.165) is 31.2 Å². The Morgan fingerprint density at radius 3 is 2.32 bits per heavy atom. The van der Waals surface area contributed by atoms with E-state index in [0.29, 0.717) is 16.5 Å². The minimum Gasteiger partial charge on any atom is -0.497 e. The number of carbonyl (C=O) groups is 3. The first-order valence-corrected chi connectivity index (χ1v) is 10.9. The van der Waals surface area contributed by atoms with Crippen molar-refractivity contribution < 1.29 is 19.1 Å². The SMILES string of the molecule is COc1ccc(N2C(=O)CC(N(C(=O)Cc3ccc(Cl)cc3)C3CCCC3)C2=O)cc1. The van der Waals surface area contributed by atoms with Crippen molar-refractivity contribution in [3.8, 4) is 5.75 Å². The van der Waals surface area contributed by atoms with Crippen LogP contribution >= 0.6 is 11.6 Å². The molecule has 1 unspecified atom stereocenters. The average Bonchev–Trinajstić information content (AvgIpc) is 3.39. The summed E-state index contributed by atoms with van der Waals surface area (Å²) in [5.41, 5.74) is 1.33. The zero-order valence-electron chi connectivity index (χ0n) is 17.4. The van der Waals surface area contributed by atoms with Crippen molar-refractivity contribution in [3.63, 3.8) is 0 Å². The highest BCUT2D eigenvalue weighted by atomic mass is 35.5. The molecule has 1 heterocycles. The van der Waals surface area contributed by atoms with Crippen molar-refractivity contribution in [1.82, 2.24) is 4.90 Å². The number of amides is 3. The van der Waals surface area contributed by atoms with E-state index in [-0.39, 0.29) is 36.6 Å². The quantitative estimate of drug-likeness (QED) is 0.637. The first-order valence-electron chi connectivity index (χ1n) is 10.5. The maximum absolute atomic E-state index is 13.3. The molecule has 2 aromatic rings. The number of methoxy groups -OCH3 is 1. The topological polar surface area (TPSA) is 66.9 Å². The summed E-state index contributed by atoms with van der Waals surface area (Å²) >= 11 is 5.96. The van der Waals surface area contributed by atoms with Gasteiger partial charge in [-0.2, -0.15) is 0 Å². The summed E-state index contributed by atoms with van der Waals surface area (Å²) in [6, 6.07) is 13.2. The van der Waals surface area contributed by atoms with Crippen LogP contribution in [0.2, 0.25) is 5.02 Å². The van der Waals surface area contributed by atoms with Gasteiger partial charge in [-0.25, -0.2) is 4.90 Å². The monoisotopic (exact) mass is 440 g/mol. The molecule has 0 radical (unpaired) electrons. The number of benzene rings is 2. The summed E-state index contributed by atoms with van der Waals surface area (Å²) in [6.07, 6.45) is 3.93. The van der Waals surface area contributed by atoms with Crippen LogP contribution < -0.4 is 9.64 Å². The van der Waals surface area contributed by atoms with Crippen LogP contribution in [0.15, 0.2) is 48.5 Å². The van der Waals surface area contributed by atoms with Crippen LogP contribution in [0.5, 0.6) is 5.75 Å². The molecular weight excluding hydrogens is 416 g/mol. The summed E-state index contributed by atoms with van der Waals surface area (Å²) in [7, 11) is 1.56. The molecule has 162 valence electrons. The first kappa shape index (κ1) is 21.4. The Bertz CT molecular complexity index is 968. The maximum Gasteiger partial charge on any atom is 0.257 e. The lowest BCUT2D eigenvalue weighted by Gasteiger charge is -2.33. The van der Waals surface area contributed by atoms with Crippen molar-refractivity contribution in [2.45, 2.75) is 50.6 Å². The number of imide groups is 1. The standard InChI is InChI=1S/C24H25ClN2O4/c1-31-20-12-10-19(11-13-20)27-23(29)15-21(24(27)30)26(18-4-2-3-5-18)22(28)14-16-6-8-17(25)9-7-16/h6-13,18,21H,2-5,14-15H2,1H3. The predicted octanol–water partition coefficient (Wildman–Crippen LogP) is 3.99. The van der Waals surface area contributed by atoms with Crippen LogP contribution in [-0.4, -0.2) is 41.8 Å². The third-order valence-corrected chi connectivity index (χ3v) is 6.32. The third-order valence-electron chi connectivity index (χ3n) is 6.06. The molecule has 0 aromatic heterocycles. The molecule has 2 fully saturated rings. The molecule has 0 N–H and O–H groups in total. The average molecular weight is 441 g/mol. The molecule has 1 saturated carbocycles. The van der Waals surface area contributed by atoms with E-state index in [1.54, 1.807) is 48.4 Å². The van der Waals surface area contributed by atoms with Gasteiger partial charge in [0.1, 0.15) is 11.8 Å². The Labute approximate surface area is 186 Å². The molecular formula is C24H25ClN2O4. The van der Waals surface area contributed by atoms with Crippen LogP contribution in [0.25, 0.3) is 0 Å². The molecule has 4 rings (SSSR count). The minimum atomic E-state index is -0.766. The second-order valence-electron chi connectivity index (χ2n) is 8.03. The highest BCUT2D eigenvalue weighted by molar-refractivity contribution is 6.30. The van der Waals surface area contributed by atoms with Crippen LogP contribution in [0, 0.1) is 0 Å². The number of hydrogen-bond donors (Lipinski definition) is 0. The van der Waals surface area contributed by atoms with E-state index in [9.17, 15) is 14.4 Å². The lowest BCUT2D eigenvalue weighted by atomic mass is 10.1. The molecule has 2 aromatic carbocycles. The molecule has 1 saturated heterocycles. The number of rotatable bonds is 6. The Morgan fingerprint density at radius 2 is 1.71 bits per heavy atom. The highest BCUT2D eigenvalue weighted by Gasteiger charge is 2.46. The molecule has 1 atom stereocenters. The van der Waals surface area contributed by atoms with Crippen molar-refractivity contribution in [2.24, 2.45) is 0 Å². The Balaban J connectivity index is 1.58. The Kier molecular flexibility index (Phi) is 6.28. The molecule has 7 heteroatoms. The van der Waals surface area contributed by atoms with Crippen LogP contribution in [-0.2, 0) is 20.8 Å². The van der Waals surface area contributed by atoms with Crippen molar-refractivity contribution in [3.05, 3.63) is 59.1 Å². The summed E-state index contributed by atoms with van der Waals surface area (Å²) in [6.45, 7) is 0. The van der Waals surface area contributed by atoms with Crippen LogP contribution in [0.3, 0.4) is 0 Å². The molecule has 31 heavy (non-hydrogen) atoms. The van der Waals surface area contributed by atoms with Crippen molar-refractivity contribution >= 4 is 35.0 Å². The third kappa shape index (κ3) is 4.44. The zero-order valence-corrected chi connectivity index (χ0v) is 18.2. The van der Waals surface area contributed by atoms with Crippen molar-refractivity contribution in [1.29, 1.82) is 0 Å². The number of carbonyl (C=O) groups excluding carboxylic acids is 3. The van der Waals surface area contributed by atoms with E-state index in [4.69, 9.17) is 16.3 Å². The second-order valence-corrected chi connectivity index (χ2v) is 8.46. The molecule has 0 bridgehead atoms. The number of nitrogens with zero attached hydrogens (tertiary/aromatic N) is 2. The number of halogens is 1. The summed E-state index contributed by atoms with van der Waals surface area (Å²) in [4.78, 5) is 42.4. The van der Waals surface area contributed by atoms with Gasteiger partial charge >= 0.3 is 0 Å². The van der Waals surface area contributed by atoms with Gasteiger partial charge < -0.3 is 9.64 Å². The van der Waals surface area contributed by atoms with Gasteiger partial charge in [0, 0.05) is 11.1 Å². The van der Waals surface area contributed by atoms with Gasteiger partial charge in [-0.3, -0.25) is 14.4 Å². The first-order chi connectivity index (χ1) is 15.0. The Morgan fingerprint density at radius 1 is 1.06 bits per heavy atom. The maximum atomic E-state index is 13.3. The van der Waals surface area contributed by atoms with Gasteiger partial charge in [-0.05, 0) is 54.8 Å². The van der Waals surface area contributed by atoms with Gasteiger partial charge in [-0.15, -0.1) is 0 Å². The molecule has 2 aliphatic rings. The number of anilines is 1. The van der Waals surface area contributed by atoms with E-state index in [1.807, 2.05) is 12.1 Å². The fourth-order valence-electron chi connectivity index (χ4n) is 4.52. The minimum absolute atomic E-state index is 0.00766. The lowest BCUT2D eigenvalue weighted by Crippen LogP contribution is -2.50. The van der Waals surface area contributed by atoms with E-state index < -0.39 is 6.04 Å². The highest BCUT2D eigenvalue weighted by Crippen LogP contribution is 2.32. The summed E-state index contributed by atoms with van der Waals surface area (Å²) in [5.74, 6) is -0.115. The number of ether oxygens (including phenoxy) is 1. The van der Waals surface area contributed by atoms with Gasteiger partial charge in [0.05, 0.1) is 25.6 Å². The van der Waals surface area contributed by atoms with Gasteiger partial charge in [0.25, 0.3) is 5.91 Å². The zero-order chi connectivity index (χ0) is 22.0. The predicted molar refractivity (Wildman–Crippen MR) is 118 cm³/mol. The molecule has 1 aliphatic carbocycles. The molecule has 0 spiro atoms. The summed E-state index contributed by atoms with van der Waals surface area (Å²) in [5, 5.41) is 0.607. The normalized spacial score (nSPS) is 19.2. The van der Waals surface area contributed by atoms with E-state index >= 15 is 0 Å². The van der Waals surface area contributed by atoms with Crippen LogP contribution in [0.4, 0.5) is 5.69 Å². The Hall–Kier alpha value is -2.86. The van der Waals surface area contributed by atoms with Crippen LogP contribution in [0.1, 0.15) is 37.7 Å².